The molecule has 21 heavy (non-hydrogen) atoms. The monoisotopic (exact) mass is 303 g/mol. The van der Waals surface area contributed by atoms with Crippen LogP contribution in [0.5, 0.6) is 0 Å². The van der Waals surface area contributed by atoms with Crippen molar-refractivity contribution in [1.82, 2.24) is 5.32 Å². The molecule has 0 saturated carbocycles. The topological polar surface area (TPSA) is 21.3 Å². The Morgan fingerprint density at radius 1 is 0.952 bits per heavy atom. The van der Waals surface area contributed by atoms with Crippen LogP contribution in [0.25, 0.3) is 10.8 Å². The van der Waals surface area contributed by atoms with Gasteiger partial charge in [-0.1, -0.05) is 36.4 Å². The number of halogens is 1. The molecule has 2 aromatic rings. The second-order valence-electron chi connectivity index (χ2n) is 6.22. The van der Waals surface area contributed by atoms with E-state index in [2.05, 4.69) is 47.8 Å². The number of piperidine rings is 1. The molecule has 0 spiro atoms. The summed E-state index contributed by atoms with van der Waals surface area (Å²) in [6.07, 6.45) is 5.48. The van der Waals surface area contributed by atoms with Crippen LogP contribution in [0.3, 0.4) is 0 Å². The SMILES string of the molecule is Cl.c1ccc2cc(COC3C[C@H]4CC[C@@H](C3)N4)ccc2c1. The summed E-state index contributed by atoms with van der Waals surface area (Å²) in [6.45, 7) is 0.745. The van der Waals surface area contributed by atoms with Crippen molar-refractivity contribution in [2.45, 2.75) is 50.5 Å². The number of fused-ring (bicyclic) bond motifs is 3. The third kappa shape index (κ3) is 3.23. The van der Waals surface area contributed by atoms with Crippen molar-refractivity contribution >= 4 is 23.2 Å². The molecule has 2 aliphatic heterocycles. The molecule has 0 aromatic heterocycles. The van der Waals surface area contributed by atoms with E-state index in [4.69, 9.17) is 4.74 Å². The molecule has 3 heteroatoms. The van der Waals surface area contributed by atoms with Crippen LogP contribution in [0.4, 0.5) is 0 Å². The van der Waals surface area contributed by atoms with Crippen molar-refractivity contribution in [2.75, 3.05) is 0 Å². The van der Waals surface area contributed by atoms with Gasteiger partial charge in [0.2, 0.25) is 0 Å². The minimum Gasteiger partial charge on any atom is -0.373 e. The van der Waals surface area contributed by atoms with Gasteiger partial charge in [0, 0.05) is 12.1 Å². The van der Waals surface area contributed by atoms with Crippen LogP contribution in [-0.2, 0) is 11.3 Å². The van der Waals surface area contributed by atoms with Gasteiger partial charge in [-0.05, 0) is 48.1 Å². The summed E-state index contributed by atoms with van der Waals surface area (Å²) in [4.78, 5) is 0. The molecule has 2 aliphatic rings. The van der Waals surface area contributed by atoms with Gasteiger partial charge in [0.05, 0.1) is 12.7 Å². The lowest BCUT2D eigenvalue weighted by molar-refractivity contribution is 0.00922. The van der Waals surface area contributed by atoms with E-state index >= 15 is 0 Å². The van der Waals surface area contributed by atoms with Crippen LogP contribution >= 0.6 is 12.4 Å². The molecule has 0 aliphatic carbocycles. The van der Waals surface area contributed by atoms with Crippen molar-refractivity contribution in [1.29, 1.82) is 0 Å². The normalized spacial score (nSPS) is 27.5. The Balaban J connectivity index is 0.00000132. The first-order valence-electron chi connectivity index (χ1n) is 7.72. The van der Waals surface area contributed by atoms with E-state index in [1.165, 1.54) is 42.0 Å². The fraction of sp³-hybridized carbons (Fsp3) is 0.444. The lowest BCUT2D eigenvalue weighted by Gasteiger charge is -2.29. The maximum Gasteiger partial charge on any atom is 0.0720 e. The van der Waals surface area contributed by atoms with Gasteiger partial charge >= 0.3 is 0 Å². The predicted molar refractivity (Wildman–Crippen MR) is 89.0 cm³/mol. The Hall–Kier alpha value is -1.09. The summed E-state index contributed by atoms with van der Waals surface area (Å²) in [5.41, 5.74) is 1.29. The Morgan fingerprint density at radius 3 is 2.43 bits per heavy atom. The predicted octanol–water partition coefficient (Wildman–Crippen LogP) is 4.06. The smallest absolute Gasteiger partial charge is 0.0720 e. The lowest BCUT2D eigenvalue weighted by atomic mass is 10.0. The molecule has 2 fully saturated rings. The highest BCUT2D eigenvalue weighted by molar-refractivity contribution is 5.85. The summed E-state index contributed by atoms with van der Waals surface area (Å²) in [5.74, 6) is 0. The van der Waals surface area contributed by atoms with Crippen molar-refractivity contribution in [2.24, 2.45) is 0 Å². The zero-order chi connectivity index (χ0) is 13.4. The van der Waals surface area contributed by atoms with Crippen LogP contribution in [0, 0.1) is 0 Å². The van der Waals surface area contributed by atoms with E-state index in [0.29, 0.717) is 18.2 Å². The van der Waals surface area contributed by atoms with Gasteiger partial charge in [0.15, 0.2) is 0 Å². The van der Waals surface area contributed by atoms with Gasteiger partial charge in [-0.2, -0.15) is 0 Å². The van der Waals surface area contributed by atoms with Crippen molar-refractivity contribution in [3.05, 3.63) is 48.0 Å². The van der Waals surface area contributed by atoms with E-state index in [1.807, 2.05) is 0 Å². The number of nitrogens with one attached hydrogen (secondary N) is 1. The quantitative estimate of drug-likeness (QED) is 0.923. The summed E-state index contributed by atoms with van der Waals surface area (Å²) < 4.78 is 6.16. The number of hydrogen-bond acceptors (Lipinski definition) is 2. The lowest BCUT2D eigenvalue weighted by Crippen LogP contribution is -2.41. The zero-order valence-electron chi connectivity index (χ0n) is 12.1. The minimum atomic E-state index is 0. The minimum absolute atomic E-state index is 0. The summed E-state index contributed by atoms with van der Waals surface area (Å²) in [6, 6.07) is 16.6. The third-order valence-corrected chi connectivity index (χ3v) is 4.73. The van der Waals surface area contributed by atoms with Gasteiger partial charge in [0.25, 0.3) is 0 Å². The third-order valence-electron chi connectivity index (χ3n) is 4.73. The van der Waals surface area contributed by atoms with Crippen molar-refractivity contribution in [3.8, 4) is 0 Å². The van der Waals surface area contributed by atoms with Crippen LogP contribution in [0.1, 0.15) is 31.2 Å². The molecule has 2 heterocycles. The van der Waals surface area contributed by atoms with Crippen LogP contribution in [0.15, 0.2) is 42.5 Å². The van der Waals surface area contributed by atoms with Crippen LogP contribution in [0.2, 0.25) is 0 Å². The molecule has 2 bridgehead atoms. The average molecular weight is 304 g/mol. The van der Waals surface area contributed by atoms with Gasteiger partial charge in [-0.3, -0.25) is 0 Å². The first-order valence-corrected chi connectivity index (χ1v) is 7.72. The van der Waals surface area contributed by atoms with E-state index in [1.54, 1.807) is 0 Å². The average Bonchev–Trinajstić information content (AvgIpc) is 2.84. The van der Waals surface area contributed by atoms with E-state index in [9.17, 15) is 0 Å². The van der Waals surface area contributed by atoms with Gasteiger partial charge in [-0.25, -0.2) is 0 Å². The molecule has 112 valence electrons. The number of rotatable bonds is 3. The number of ether oxygens (including phenoxy) is 1. The highest BCUT2D eigenvalue weighted by Gasteiger charge is 2.33. The van der Waals surface area contributed by atoms with E-state index in [-0.39, 0.29) is 12.4 Å². The van der Waals surface area contributed by atoms with Crippen LogP contribution in [-0.4, -0.2) is 18.2 Å². The maximum absolute atomic E-state index is 6.16. The first-order chi connectivity index (χ1) is 9.87. The number of benzene rings is 2. The van der Waals surface area contributed by atoms with Crippen molar-refractivity contribution < 1.29 is 4.74 Å². The fourth-order valence-electron chi connectivity index (χ4n) is 3.68. The Morgan fingerprint density at radius 2 is 1.67 bits per heavy atom. The highest BCUT2D eigenvalue weighted by atomic mass is 35.5. The molecular weight excluding hydrogens is 282 g/mol. The zero-order valence-corrected chi connectivity index (χ0v) is 12.9. The molecule has 1 N–H and O–H groups in total. The molecule has 2 aromatic carbocycles. The Labute approximate surface area is 132 Å². The van der Waals surface area contributed by atoms with Gasteiger partial charge in [0.1, 0.15) is 0 Å². The highest BCUT2D eigenvalue weighted by Crippen LogP contribution is 2.29. The Kier molecular flexibility index (Phi) is 4.48. The summed E-state index contributed by atoms with van der Waals surface area (Å²) in [7, 11) is 0. The van der Waals surface area contributed by atoms with Crippen molar-refractivity contribution in [3.63, 3.8) is 0 Å². The molecule has 4 rings (SSSR count). The van der Waals surface area contributed by atoms with Gasteiger partial charge in [-0.15, -0.1) is 12.4 Å². The van der Waals surface area contributed by atoms with Gasteiger partial charge < -0.3 is 10.1 Å². The first kappa shape index (κ1) is 14.8. The fourth-order valence-corrected chi connectivity index (χ4v) is 3.68. The van der Waals surface area contributed by atoms with E-state index in [0.717, 1.165) is 6.61 Å². The van der Waals surface area contributed by atoms with E-state index < -0.39 is 0 Å². The standard InChI is InChI=1S/C18H21NO.ClH/c1-2-4-15-9-13(5-6-14(15)3-1)12-20-18-10-16-7-8-17(11-18)19-16;/h1-6,9,16-19H,7-8,10-12H2;1H/t16-,17+,18?;. The molecule has 0 radical (unpaired) electrons. The molecular formula is C18H22ClNO. The number of hydrogen-bond donors (Lipinski definition) is 1. The summed E-state index contributed by atoms with van der Waals surface area (Å²) in [5, 5.41) is 6.27. The molecule has 2 saturated heterocycles. The second kappa shape index (κ2) is 6.35. The second-order valence-corrected chi connectivity index (χ2v) is 6.22. The molecule has 3 atom stereocenters. The largest absolute Gasteiger partial charge is 0.373 e. The van der Waals surface area contributed by atoms with Crippen LogP contribution < -0.4 is 5.32 Å². The Bertz CT molecular complexity index is 603. The molecule has 1 unspecified atom stereocenters. The summed E-state index contributed by atoms with van der Waals surface area (Å²) >= 11 is 0. The molecule has 0 amide bonds. The maximum atomic E-state index is 6.16. The molecule has 2 nitrogen and oxygen atoms in total.